The molecule has 0 fully saturated rings. The molecule has 0 aromatic heterocycles. The van der Waals surface area contributed by atoms with Gasteiger partial charge in [-0.2, -0.15) is 10.5 Å². The molecule has 0 aliphatic carbocycles. The first-order chi connectivity index (χ1) is 7.83. The minimum Gasteiger partial charge on any atom is -0.192 e. The van der Waals surface area contributed by atoms with Gasteiger partial charge in [0.15, 0.2) is 0 Å². The quantitative estimate of drug-likeness (QED) is 0.716. The van der Waals surface area contributed by atoms with Crippen molar-refractivity contribution in [2.75, 3.05) is 0 Å². The van der Waals surface area contributed by atoms with E-state index < -0.39 is 0 Å². The average Bonchev–Trinajstić information content (AvgIpc) is 2.39. The third kappa shape index (κ3) is 1.92. The molecule has 0 heterocycles. The molecular weight excluding hydrogens is 196 g/mol. The summed E-state index contributed by atoms with van der Waals surface area (Å²) < 4.78 is 0. The third-order valence-electron chi connectivity index (χ3n) is 2.34. The van der Waals surface area contributed by atoms with Gasteiger partial charge in [-0.1, -0.05) is 24.3 Å². The Balaban J connectivity index is 2.44. The molecule has 2 rings (SSSR count). The van der Waals surface area contributed by atoms with Crippen LogP contribution in [0, 0.1) is 22.7 Å². The van der Waals surface area contributed by atoms with Gasteiger partial charge in [-0.25, -0.2) is 0 Å². The van der Waals surface area contributed by atoms with Crippen molar-refractivity contribution in [3.05, 3.63) is 59.7 Å². The lowest BCUT2D eigenvalue weighted by atomic mass is 10.0. The van der Waals surface area contributed by atoms with Crippen LogP contribution in [0.15, 0.2) is 48.5 Å². The summed E-state index contributed by atoms with van der Waals surface area (Å²) in [4.78, 5) is 0. The maximum absolute atomic E-state index is 8.80. The zero-order valence-electron chi connectivity index (χ0n) is 8.51. The Morgan fingerprint density at radius 1 is 0.688 bits per heavy atom. The predicted octanol–water partition coefficient (Wildman–Crippen LogP) is 3.10. The van der Waals surface area contributed by atoms with Gasteiger partial charge in [-0.15, -0.1) is 0 Å². The molecule has 0 aliphatic rings. The van der Waals surface area contributed by atoms with E-state index in [-0.39, 0.29) is 0 Å². The largest absolute Gasteiger partial charge is 0.192 e. The van der Waals surface area contributed by atoms with Gasteiger partial charge in [0, 0.05) is 0 Å². The lowest BCUT2D eigenvalue weighted by molar-refractivity contribution is 1.47. The van der Waals surface area contributed by atoms with Crippen LogP contribution in [0.1, 0.15) is 11.1 Å². The highest BCUT2D eigenvalue weighted by molar-refractivity contribution is 5.65. The van der Waals surface area contributed by atoms with Crippen molar-refractivity contribution in [2.24, 2.45) is 0 Å². The van der Waals surface area contributed by atoms with Crippen LogP contribution < -0.4 is 0 Å². The summed E-state index contributed by atoms with van der Waals surface area (Å²) in [6, 6.07) is 18.9. The van der Waals surface area contributed by atoms with E-state index in [1.807, 2.05) is 30.3 Å². The van der Waals surface area contributed by atoms with Gasteiger partial charge in [-0.3, -0.25) is 0 Å². The molecule has 0 unspecified atom stereocenters. The lowest BCUT2D eigenvalue weighted by Crippen LogP contribution is -1.80. The molecule has 0 aliphatic heterocycles. The first-order valence-corrected chi connectivity index (χ1v) is 4.84. The van der Waals surface area contributed by atoms with E-state index in [2.05, 4.69) is 12.1 Å². The monoisotopic (exact) mass is 204 g/mol. The molecule has 0 saturated heterocycles. The maximum atomic E-state index is 8.80. The van der Waals surface area contributed by atoms with Crippen molar-refractivity contribution in [1.82, 2.24) is 0 Å². The van der Waals surface area contributed by atoms with E-state index in [9.17, 15) is 0 Å². The van der Waals surface area contributed by atoms with Crippen molar-refractivity contribution in [1.29, 1.82) is 10.5 Å². The van der Waals surface area contributed by atoms with E-state index in [0.717, 1.165) is 11.1 Å². The molecule has 0 amide bonds. The molecule has 16 heavy (non-hydrogen) atoms. The molecule has 74 valence electrons. The van der Waals surface area contributed by atoms with Crippen LogP contribution in [0.4, 0.5) is 0 Å². The molecule has 0 saturated carbocycles. The highest BCUT2D eigenvalue weighted by atomic mass is 14.2. The van der Waals surface area contributed by atoms with E-state index in [0.29, 0.717) is 11.1 Å². The van der Waals surface area contributed by atoms with Crippen LogP contribution in [0.3, 0.4) is 0 Å². The Kier molecular flexibility index (Phi) is 2.67. The van der Waals surface area contributed by atoms with Gasteiger partial charge in [-0.05, 0) is 35.4 Å². The van der Waals surface area contributed by atoms with Crippen molar-refractivity contribution in [3.8, 4) is 23.3 Å². The first kappa shape index (κ1) is 9.96. The molecule has 2 aromatic rings. The molecule has 0 N–H and O–H groups in total. The average molecular weight is 204 g/mol. The summed E-state index contributed by atoms with van der Waals surface area (Å²) in [5, 5.41) is 17.5. The Morgan fingerprint density at radius 2 is 1.38 bits per heavy atom. The van der Waals surface area contributed by atoms with Gasteiger partial charge >= 0.3 is 0 Å². The van der Waals surface area contributed by atoms with Crippen molar-refractivity contribution in [2.45, 2.75) is 0 Å². The van der Waals surface area contributed by atoms with E-state index >= 15 is 0 Å². The molecule has 0 radical (unpaired) electrons. The lowest BCUT2D eigenvalue weighted by Gasteiger charge is -2.01. The summed E-state index contributed by atoms with van der Waals surface area (Å²) in [5.74, 6) is 0. The highest BCUT2D eigenvalue weighted by Crippen LogP contribution is 2.20. The van der Waals surface area contributed by atoms with Gasteiger partial charge in [0.05, 0.1) is 23.3 Å². The van der Waals surface area contributed by atoms with Crippen LogP contribution in [0.2, 0.25) is 0 Å². The molecule has 0 atom stereocenters. The molecule has 0 spiro atoms. The molecule has 2 nitrogen and oxygen atoms in total. The van der Waals surface area contributed by atoms with Crippen molar-refractivity contribution >= 4 is 0 Å². The fourth-order valence-electron chi connectivity index (χ4n) is 1.51. The minimum absolute atomic E-state index is 0.639. The smallest absolute Gasteiger partial charge is 0.0991 e. The summed E-state index contributed by atoms with van der Waals surface area (Å²) in [6.07, 6.45) is 0. The van der Waals surface area contributed by atoms with Crippen LogP contribution in [-0.4, -0.2) is 0 Å². The second-order valence-electron chi connectivity index (χ2n) is 3.38. The Hall–Kier alpha value is -2.58. The van der Waals surface area contributed by atoms with Gasteiger partial charge in [0.25, 0.3) is 0 Å². The van der Waals surface area contributed by atoms with Crippen LogP contribution in [-0.2, 0) is 0 Å². The van der Waals surface area contributed by atoms with E-state index in [4.69, 9.17) is 10.5 Å². The van der Waals surface area contributed by atoms with Crippen molar-refractivity contribution in [3.63, 3.8) is 0 Å². The fraction of sp³-hybridized carbons (Fsp3) is 0. The standard InChI is InChI=1S/C14H8N2/c15-9-11-4-6-13(7-5-11)14-3-1-2-12(8-14)10-16/h1-8H. The zero-order valence-corrected chi connectivity index (χ0v) is 8.51. The first-order valence-electron chi connectivity index (χ1n) is 4.84. The van der Waals surface area contributed by atoms with Gasteiger partial charge in [0.2, 0.25) is 0 Å². The number of benzene rings is 2. The second kappa shape index (κ2) is 4.29. The Morgan fingerprint density at radius 3 is 2.00 bits per heavy atom. The van der Waals surface area contributed by atoms with E-state index in [1.54, 1.807) is 18.2 Å². The summed E-state index contributed by atoms with van der Waals surface area (Å²) >= 11 is 0. The third-order valence-corrected chi connectivity index (χ3v) is 2.34. The number of nitrogens with zero attached hydrogens (tertiary/aromatic N) is 2. The topological polar surface area (TPSA) is 47.6 Å². The molecule has 2 heteroatoms. The fourth-order valence-corrected chi connectivity index (χ4v) is 1.51. The number of rotatable bonds is 1. The second-order valence-corrected chi connectivity index (χ2v) is 3.38. The zero-order chi connectivity index (χ0) is 11.4. The van der Waals surface area contributed by atoms with Crippen LogP contribution >= 0.6 is 0 Å². The summed E-state index contributed by atoms with van der Waals surface area (Å²) in [6.45, 7) is 0. The summed E-state index contributed by atoms with van der Waals surface area (Å²) in [7, 11) is 0. The molecule has 0 bridgehead atoms. The minimum atomic E-state index is 0.639. The number of nitriles is 2. The molecule has 2 aromatic carbocycles. The Labute approximate surface area is 94.0 Å². The highest BCUT2D eigenvalue weighted by Gasteiger charge is 1.99. The van der Waals surface area contributed by atoms with Gasteiger partial charge < -0.3 is 0 Å². The van der Waals surface area contributed by atoms with Crippen LogP contribution in [0.25, 0.3) is 11.1 Å². The van der Waals surface area contributed by atoms with Crippen LogP contribution in [0.5, 0.6) is 0 Å². The predicted molar refractivity (Wildman–Crippen MR) is 61.3 cm³/mol. The van der Waals surface area contributed by atoms with E-state index in [1.165, 1.54) is 0 Å². The normalized spacial score (nSPS) is 9.12. The number of hydrogen-bond acceptors (Lipinski definition) is 2. The summed E-state index contributed by atoms with van der Waals surface area (Å²) in [5.41, 5.74) is 3.28. The Bertz CT molecular complexity index is 583. The van der Waals surface area contributed by atoms with Crippen molar-refractivity contribution < 1.29 is 0 Å². The van der Waals surface area contributed by atoms with Gasteiger partial charge in [0.1, 0.15) is 0 Å². The SMILES string of the molecule is N#Cc1ccc(-c2cccc(C#N)c2)cc1. The molecular formula is C14H8N2. The number of hydrogen-bond donors (Lipinski definition) is 0. The maximum Gasteiger partial charge on any atom is 0.0991 e.